The number of ether oxygens (including phenoxy) is 1. The van der Waals surface area contributed by atoms with Crippen LogP contribution in [0.15, 0.2) is 59.8 Å². The fourth-order valence-corrected chi connectivity index (χ4v) is 5.43. The lowest BCUT2D eigenvalue weighted by Crippen LogP contribution is -2.57. The maximum absolute atomic E-state index is 13.4. The minimum Gasteiger partial charge on any atom is -0.463 e. The summed E-state index contributed by atoms with van der Waals surface area (Å²) in [7, 11) is 0. The summed E-state index contributed by atoms with van der Waals surface area (Å²) in [4.78, 5) is 44.8. The van der Waals surface area contributed by atoms with E-state index in [-0.39, 0.29) is 30.9 Å². The zero-order valence-electron chi connectivity index (χ0n) is 24.1. The van der Waals surface area contributed by atoms with Gasteiger partial charge in [0, 0.05) is 50.2 Å². The van der Waals surface area contributed by atoms with Gasteiger partial charge >= 0.3 is 24.2 Å². The van der Waals surface area contributed by atoms with Gasteiger partial charge in [-0.15, -0.1) is 0 Å². The number of nitrogens with one attached hydrogen (secondary N) is 2. The zero-order chi connectivity index (χ0) is 30.6. The second kappa shape index (κ2) is 12.8. The number of carbonyl (C=O) groups excluding carboxylic acids is 3. The highest BCUT2D eigenvalue weighted by molar-refractivity contribution is 5.95. The van der Waals surface area contributed by atoms with E-state index in [1.807, 2.05) is 45.0 Å². The van der Waals surface area contributed by atoms with Crippen LogP contribution in [0.3, 0.4) is 0 Å². The maximum atomic E-state index is 13.4. The molecule has 2 heterocycles. The van der Waals surface area contributed by atoms with Gasteiger partial charge in [-0.1, -0.05) is 24.3 Å². The van der Waals surface area contributed by atoms with Crippen LogP contribution in [0.5, 0.6) is 0 Å². The molecule has 1 saturated heterocycles. The Balaban J connectivity index is 1.54. The Morgan fingerprint density at radius 2 is 1.76 bits per heavy atom. The van der Waals surface area contributed by atoms with E-state index in [0.29, 0.717) is 37.4 Å². The molecule has 2 aromatic carbocycles. The topological polar surface area (TPSA) is 94.2 Å². The normalized spacial score (nSPS) is 19.9. The van der Waals surface area contributed by atoms with E-state index in [9.17, 15) is 27.6 Å². The molecular weight excluding hydrogens is 551 g/mol. The number of esters is 1. The second-order valence-corrected chi connectivity index (χ2v) is 10.3. The molecule has 0 aliphatic carbocycles. The molecule has 2 aromatic rings. The van der Waals surface area contributed by atoms with Crippen molar-refractivity contribution < 1.29 is 32.3 Å². The summed E-state index contributed by atoms with van der Waals surface area (Å²) in [5.74, 6) is -0.498. The van der Waals surface area contributed by atoms with Crippen LogP contribution in [-0.4, -0.2) is 78.1 Å². The Morgan fingerprint density at radius 3 is 2.36 bits per heavy atom. The number of piperazine rings is 1. The smallest absolute Gasteiger partial charge is 0.416 e. The van der Waals surface area contributed by atoms with Gasteiger partial charge in [0.25, 0.3) is 0 Å². The summed E-state index contributed by atoms with van der Waals surface area (Å²) in [5, 5.41) is 5.66. The summed E-state index contributed by atoms with van der Waals surface area (Å²) in [6.07, 6.45) is -4.46. The van der Waals surface area contributed by atoms with Crippen molar-refractivity contribution in [3.05, 3.63) is 76.5 Å². The molecule has 9 nitrogen and oxygen atoms in total. The molecule has 0 saturated carbocycles. The number of likely N-dealkylation sites (N-methyl/N-ethyl adjacent to an activating group) is 1. The summed E-state index contributed by atoms with van der Waals surface area (Å²) in [6.45, 7) is 9.43. The number of aryl methyl sites for hydroxylation is 1. The molecule has 1 fully saturated rings. The third-order valence-corrected chi connectivity index (χ3v) is 7.56. The first kappa shape index (κ1) is 30.9. The van der Waals surface area contributed by atoms with Crippen molar-refractivity contribution in [1.82, 2.24) is 20.0 Å². The highest BCUT2D eigenvalue weighted by atomic mass is 19.4. The number of hydrogen-bond donors (Lipinski definition) is 2. The van der Waals surface area contributed by atoms with Gasteiger partial charge in [0.15, 0.2) is 0 Å². The third kappa shape index (κ3) is 6.70. The lowest BCUT2D eigenvalue weighted by Gasteiger charge is -2.43. The van der Waals surface area contributed by atoms with Crippen LogP contribution in [0.25, 0.3) is 0 Å². The largest absolute Gasteiger partial charge is 0.463 e. The zero-order valence-corrected chi connectivity index (χ0v) is 24.1. The van der Waals surface area contributed by atoms with E-state index in [1.165, 1.54) is 12.1 Å². The fourth-order valence-electron chi connectivity index (χ4n) is 5.43. The number of hydrogen-bond acceptors (Lipinski definition) is 5. The van der Waals surface area contributed by atoms with Crippen molar-refractivity contribution in [3.8, 4) is 0 Å². The summed E-state index contributed by atoms with van der Waals surface area (Å²) < 4.78 is 44.1. The third-order valence-electron chi connectivity index (χ3n) is 7.56. The molecule has 2 N–H and O–H groups in total. The van der Waals surface area contributed by atoms with Crippen LogP contribution >= 0.6 is 0 Å². The number of amides is 4. The number of urea groups is 2. The van der Waals surface area contributed by atoms with Gasteiger partial charge < -0.3 is 20.3 Å². The highest BCUT2D eigenvalue weighted by Gasteiger charge is 2.39. The number of alkyl halides is 3. The molecular formula is C30H36F3N5O4. The summed E-state index contributed by atoms with van der Waals surface area (Å²) >= 11 is 0. The quantitative estimate of drug-likeness (QED) is 0.437. The molecule has 226 valence electrons. The number of anilines is 1. The van der Waals surface area contributed by atoms with Crippen molar-refractivity contribution in [2.24, 2.45) is 0 Å². The van der Waals surface area contributed by atoms with Crippen LogP contribution in [-0.2, 0) is 15.7 Å². The predicted octanol–water partition coefficient (Wildman–Crippen LogP) is 5.16. The Kier molecular flexibility index (Phi) is 9.45. The monoisotopic (exact) mass is 587 g/mol. The molecule has 0 aromatic heterocycles. The Hall–Kier alpha value is -4.06. The van der Waals surface area contributed by atoms with Gasteiger partial charge in [-0.25, -0.2) is 14.4 Å². The molecule has 2 aliphatic rings. The fraction of sp³-hybridized carbons (Fsp3) is 0.433. The average Bonchev–Trinajstić information content (AvgIpc) is 2.93. The van der Waals surface area contributed by atoms with Gasteiger partial charge in [0.05, 0.1) is 23.8 Å². The van der Waals surface area contributed by atoms with E-state index in [1.54, 1.807) is 16.7 Å². The minimum atomic E-state index is -4.46. The molecule has 2 atom stereocenters. The van der Waals surface area contributed by atoms with Crippen molar-refractivity contribution in [2.45, 2.75) is 46.0 Å². The van der Waals surface area contributed by atoms with E-state index in [0.717, 1.165) is 23.3 Å². The minimum absolute atomic E-state index is 0.180. The van der Waals surface area contributed by atoms with E-state index in [4.69, 9.17) is 4.74 Å². The Bertz CT molecular complexity index is 1350. The SMILES string of the molecule is CCOC(=O)C1=C(CN2CCN(C(=O)Nc3ccc(C(F)(F)F)cc3)[C@@H](C)C2)N(CC)C(=O)N[C@@H]1c1ccccc1C. The average molecular weight is 588 g/mol. The number of halogens is 3. The molecule has 0 bridgehead atoms. The second-order valence-electron chi connectivity index (χ2n) is 10.3. The van der Waals surface area contributed by atoms with E-state index >= 15 is 0 Å². The van der Waals surface area contributed by atoms with Crippen molar-refractivity contribution >= 4 is 23.7 Å². The molecule has 0 unspecified atom stereocenters. The van der Waals surface area contributed by atoms with Crippen LogP contribution in [0, 0.1) is 6.92 Å². The molecule has 0 spiro atoms. The van der Waals surface area contributed by atoms with Crippen LogP contribution in [0.4, 0.5) is 28.4 Å². The Morgan fingerprint density at radius 1 is 1.07 bits per heavy atom. The first-order chi connectivity index (χ1) is 19.9. The number of rotatable bonds is 7. The van der Waals surface area contributed by atoms with Gasteiger partial charge in [0.1, 0.15) is 0 Å². The summed E-state index contributed by atoms with van der Waals surface area (Å²) in [6, 6.07) is 10.2. The maximum Gasteiger partial charge on any atom is 0.416 e. The van der Waals surface area contributed by atoms with Crippen LogP contribution < -0.4 is 10.6 Å². The highest BCUT2D eigenvalue weighted by Crippen LogP contribution is 2.34. The molecule has 42 heavy (non-hydrogen) atoms. The van der Waals surface area contributed by atoms with Crippen LogP contribution in [0.2, 0.25) is 0 Å². The summed E-state index contributed by atoms with van der Waals surface area (Å²) in [5.41, 5.74) is 2.14. The first-order valence-corrected chi connectivity index (χ1v) is 14.0. The number of carbonyl (C=O) groups is 3. The van der Waals surface area contributed by atoms with Crippen LogP contribution in [0.1, 0.15) is 43.5 Å². The lowest BCUT2D eigenvalue weighted by molar-refractivity contribution is -0.139. The van der Waals surface area contributed by atoms with Crippen molar-refractivity contribution in [3.63, 3.8) is 0 Å². The van der Waals surface area contributed by atoms with Crippen molar-refractivity contribution in [1.29, 1.82) is 0 Å². The molecule has 4 rings (SSSR count). The molecule has 0 radical (unpaired) electrons. The van der Waals surface area contributed by atoms with Gasteiger partial charge in [-0.2, -0.15) is 13.2 Å². The molecule has 2 aliphatic heterocycles. The number of nitrogens with zero attached hydrogens (tertiary/aromatic N) is 3. The van der Waals surface area contributed by atoms with E-state index < -0.39 is 29.8 Å². The first-order valence-electron chi connectivity index (χ1n) is 14.0. The lowest BCUT2D eigenvalue weighted by atomic mass is 9.91. The molecule has 12 heteroatoms. The van der Waals surface area contributed by atoms with Gasteiger partial charge in [0.2, 0.25) is 0 Å². The predicted molar refractivity (Wildman–Crippen MR) is 152 cm³/mol. The standard InChI is InChI=1S/C30H36F3N5O4/c1-5-37-24(25(27(39)42-6-2)26(35-29(37)41)23-10-8-7-9-19(23)3)18-36-15-16-38(20(4)17-36)28(40)34-22-13-11-21(12-14-22)30(31,32)33/h7-14,20,26H,5-6,15-18H2,1-4H3,(H,34,40)(H,35,41)/t20-,26+/m0/s1. The Labute approximate surface area is 243 Å². The van der Waals surface area contributed by atoms with Gasteiger partial charge in [-0.05, 0) is 63.1 Å². The number of benzene rings is 2. The van der Waals surface area contributed by atoms with E-state index in [2.05, 4.69) is 15.5 Å². The van der Waals surface area contributed by atoms with Gasteiger partial charge in [-0.3, -0.25) is 9.80 Å². The van der Waals surface area contributed by atoms with Crippen molar-refractivity contribution in [2.75, 3.05) is 44.6 Å². The molecule has 4 amide bonds.